The number of carboxylic acids is 1. The standard InChI is InChI=1S/C19H18.C9H6N2O2/c1-13-6-7-15-9-10-17-16-5-3-2-4-14(16)8-11-18(17)19(15)12-13;12-9(13)8-5-10-6-3-1-2-4-7(6)11-8/h3,5-7,9-10,12H,2,4,8,11H2,1H3;1-5H,(H,12,13). The number of benzene rings is 3. The lowest BCUT2D eigenvalue weighted by Crippen LogP contribution is -2.07. The van der Waals surface area contributed by atoms with Crippen LogP contribution in [-0.2, 0) is 6.42 Å². The maximum Gasteiger partial charge on any atom is 0.356 e. The third kappa shape index (κ3) is 3.80. The highest BCUT2D eigenvalue weighted by Crippen LogP contribution is 2.39. The summed E-state index contributed by atoms with van der Waals surface area (Å²) in [5, 5.41) is 11.5. The number of allylic oxidation sites excluding steroid dienone is 4. The molecule has 1 aromatic heterocycles. The molecule has 0 atom stereocenters. The van der Waals surface area contributed by atoms with E-state index >= 15 is 0 Å². The summed E-state index contributed by atoms with van der Waals surface area (Å²) in [7, 11) is 0. The van der Waals surface area contributed by atoms with Gasteiger partial charge in [0.25, 0.3) is 0 Å². The fraction of sp³-hybridized carbons (Fsp3) is 0.179. The van der Waals surface area contributed by atoms with E-state index in [1.165, 1.54) is 59.4 Å². The van der Waals surface area contributed by atoms with E-state index in [9.17, 15) is 4.79 Å². The van der Waals surface area contributed by atoms with Gasteiger partial charge in [-0.3, -0.25) is 4.98 Å². The highest BCUT2D eigenvalue weighted by atomic mass is 16.4. The number of hydrogen-bond acceptors (Lipinski definition) is 3. The van der Waals surface area contributed by atoms with E-state index in [0.717, 1.165) is 0 Å². The number of carboxylic acid groups (broad SMARTS) is 1. The zero-order chi connectivity index (χ0) is 22.1. The van der Waals surface area contributed by atoms with Crippen molar-refractivity contribution in [2.45, 2.75) is 32.6 Å². The van der Waals surface area contributed by atoms with Gasteiger partial charge in [0.05, 0.1) is 17.2 Å². The molecule has 1 heterocycles. The van der Waals surface area contributed by atoms with Crippen molar-refractivity contribution < 1.29 is 9.90 Å². The molecule has 0 fully saturated rings. The Labute approximate surface area is 187 Å². The van der Waals surface area contributed by atoms with Crippen molar-refractivity contribution in [2.24, 2.45) is 0 Å². The van der Waals surface area contributed by atoms with Crippen LogP contribution in [0, 0.1) is 6.92 Å². The second kappa shape index (κ2) is 8.39. The minimum atomic E-state index is -1.06. The predicted molar refractivity (Wildman–Crippen MR) is 129 cm³/mol. The molecule has 2 aliphatic carbocycles. The van der Waals surface area contributed by atoms with Gasteiger partial charge in [0.1, 0.15) is 0 Å². The minimum absolute atomic E-state index is 0.0290. The summed E-state index contributed by atoms with van der Waals surface area (Å²) >= 11 is 0. The first-order valence-electron chi connectivity index (χ1n) is 11.0. The minimum Gasteiger partial charge on any atom is -0.476 e. The Kier molecular flexibility index (Phi) is 5.28. The molecule has 3 aromatic carbocycles. The summed E-state index contributed by atoms with van der Waals surface area (Å²) < 4.78 is 0. The van der Waals surface area contributed by atoms with Crippen molar-refractivity contribution in [1.82, 2.24) is 9.97 Å². The molecule has 0 unspecified atom stereocenters. The highest BCUT2D eigenvalue weighted by molar-refractivity contribution is 5.94. The van der Waals surface area contributed by atoms with Gasteiger partial charge in [0.2, 0.25) is 0 Å². The fourth-order valence-corrected chi connectivity index (χ4v) is 4.60. The molecule has 0 amide bonds. The molecule has 0 aliphatic heterocycles. The average Bonchev–Trinajstić information content (AvgIpc) is 2.83. The summed E-state index contributed by atoms with van der Waals surface area (Å²) in [6, 6.07) is 18.6. The zero-order valence-corrected chi connectivity index (χ0v) is 18.0. The number of para-hydroxylation sites is 2. The van der Waals surface area contributed by atoms with Crippen LogP contribution in [0.15, 0.2) is 78.5 Å². The molecular weight excluding hydrogens is 396 g/mol. The van der Waals surface area contributed by atoms with Crippen molar-refractivity contribution in [2.75, 3.05) is 0 Å². The van der Waals surface area contributed by atoms with E-state index in [-0.39, 0.29) is 5.69 Å². The molecule has 6 rings (SSSR count). The first kappa shape index (κ1) is 20.1. The molecule has 1 N–H and O–H groups in total. The van der Waals surface area contributed by atoms with Crippen LogP contribution in [0.25, 0.3) is 27.4 Å². The van der Waals surface area contributed by atoms with Gasteiger partial charge in [-0.15, -0.1) is 0 Å². The summed E-state index contributed by atoms with van der Waals surface area (Å²) in [4.78, 5) is 18.4. The van der Waals surface area contributed by atoms with Crippen LogP contribution in [0.2, 0.25) is 0 Å². The molecule has 4 aromatic rings. The lowest BCUT2D eigenvalue weighted by Gasteiger charge is -2.25. The summed E-state index contributed by atoms with van der Waals surface area (Å²) in [6.07, 6.45) is 10.9. The predicted octanol–water partition coefficient (Wildman–Crippen LogP) is 6.53. The van der Waals surface area contributed by atoms with E-state index in [1.807, 2.05) is 6.07 Å². The Morgan fingerprint density at radius 3 is 2.62 bits per heavy atom. The second-order valence-corrected chi connectivity index (χ2v) is 8.32. The molecule has 2 aliphatic rings. The van der Waals surface area contributed by atoms with E-state index in [0.29, 0.717) is 11.0 Å². The number of carbonyl (C=O) groups is 1. The maximum atomic E-state index is 10.5. The summed E-state index contributed by atoms with van der Waals surface area (Å²) in [5.74, 6) is -1.06. The normalized spacial score (nSPS) is 14.5. The van der Waals surface area contributed by atoms with Crippen LogP contribution < -0.4 is 0 Å². The SMILES string of the molecule is Cc1ccc2ccc3c(c2c1)CCC1=C3C=CCC1.O=C(O)c1cnc2ccccc2n1. The molecule has 0 saturated heterocycles. The van der Waals surface area contributed by atoms with Crippen molar-refractivity contribution in [1.29, 1.82) is 0 Å². The van der Waals surface area contributed by atoms with E-state index in [2.05, 4.69) is 59.4 Å². The lowest BCUT2D eigenvalue weighted by atomic mass is 9.79. The van der Waals surface area contributed by atoms with Gasteiger partial charge in [0, 0.05) is 0 Å². The van der Waals surface area contributed by atoms with Gasteiger partial charge in [0.15, 0.2) is 5.69 Å². The molecule has 0 bridgehead atoms. The molecule has 0 radical (unpaired) electrons. The number of nitrogens with zero attached hydrogens (tertiary/aromatic N) is 2. The van der Waals surface area contributed by atoms with Gasteiger partial charge >= 0.3 is 5.97 Å². The number of fused-ring (bicyclic) bond motifs is 5. The van der Waals surface area contributed by atoms with Crippen LogP contribution in [0.5, 0.6) is 0 Å². The number of rotatable bonds is 1. The van der Waals surface area contributed by atoms with Gasteiger partial charge in [-0.25, -0.2) is 9.78 Å². The Bertz CT molecular complexity index is 1420. The molecule has 0 saturated carbocycles. The fourth-order valence-electron chi connectivity index (χ4n) is 4.60. The van der Waals surface area contributed by atoms with Crippen molar-refractivity contribution in [3.8, 4) is 0 Å². The van der Waals surface area contributed by atoms with E-state index in [4.69, 9.17) is 5.11 Å². The van der Waals surface area contributed by atoms with Gasteiger partial charge in [-0.2, -0.15) is 0 Å². The lowest BCUT2D eigenvalue weighted by molar-refractivity contribution is 0.0690. The molecular formula is C28H24N2O2. The van der Waals surface area contributed by atoms with Crippen molar-refractivity contribution in [3.05, 3.63) is 101 Å². The second-order valence-electron chi connectivity index (χ2n) is 8.32. The third-order valence-electron chi connectivity index (χ3n) is 6.20. The molecule has 32 heavy (non-hydrogen) atoms. The number of aromatic carboxylic acids is 1. The van der Waals surface area contributed by atoms with Crippen molar-refractivity contribution in [3.63, 3.8) is 0 Å². The number of aromatic nitrogens is 2. The number of hydrogen-bond donors (Lipinski definition) is 1. The van der Waals surface area contributed by atoms with Gasteiger partial charge in [-0.05, 0) is 72.2 Å². The average molecular weight is 421 g/mol. The summed E-state index contributed by atoms with van der Waals surface area (Å²) in [6.45, 7) is 2.19. The highest BCUT2D eigenvalue weighted by Gasteiger charge is 2.20. The first-order chi connectivity index (χ1) is 15.6. The maximum absolute atomic E-state index is 10.5. The largest absolute Gasteiger partial charge is 0.476 e. The Balaban J connectivity index is 0.000000146. The van der Waals surface area contributed by atoms with Crippen LogP contribution in [0.3, 0.4) is 0 Å². The van der Waals surface area contributed by atoms with E-state index < -0.39 is 5.97 Å². The van der Waals surface area contributed by atoms with Gasteiger partial charge in [-0.1, -0.05) is 65.8 Å². The van der Waals surface area contributed by atoms with Crippen molar-refractivity contribution >= 4 is 33.3 Å². The van der Waals surface area contributed by atoms with Crippen LogP contribution in [0.1, 0.15) is 46.4 Å². The third-order valence-corrected chi connectivity index (χ3v) is 6.20. The van der Waals surface area contributed by atoms with Crippen LogP contribution in [-0.4, -0.2) is 21.0 Å². The zero-order valence-electron chi connectivity index (χ0n) is 18.0. The van der Waals surface area contributed by atoms with Gasteiger partial charge < -0.3 is 5.11 Å². The topological polar surface area (TPSA) is 63.1 Å². The quantitative estimate of drug-likeness (QED) is 0.380. The Morgan fingerprint density at radius 2 is 1.78 bits per heavy atom. The molecule has 158 valence electrons. The summed E-state index contributed by atoms with van der Waals surface area (Å²) in [5.41, 5.74) is 8.85. The van der Waals surface area contributed by atoms with Crippen LogP contribution >= 0.6 is 0 Å². The molecule has 0 spiro atoms. The van der Waals surface area contributed by atoms with Crippen LogP contribution in [0.4, 0.5) is 0 Å². The smallest absolute Gasteiger partial charge is 0.356 e. The molecule has 4 nitrogen and oxygen atoms in total. The first-order valence-corrected chi connectivity index (χ1v) is 11.0. The van der Waals surface area contributed by atoms with E-state index in [1.54, 1.807) is 29.3 Å². The monoisotopic (exact) mass is 420 g/mol. The number of aryl methyl sites for hydroxylation is 2. The Hall–Kier alpha value is -3.79. The Morgan fingerprint density at radius 1 is 0.969 bits per heavy atom. The molecule has 4 heteroatoms.